The van der Waals surface area contributed by atoms with Crippen molar-refractivity contribution in [2.24, 2.45) is 0 Å². The normalized spacial score (nSPS) is 23.2. The SMILES string of the molecule is O=[N+]([O-])c1ccccc1C1(CCCCl)CCOO1. The molecule has 0 spiro atoms. The Morgan fingerprint density at radius 3 is 2.83 bits per heavy atom. The lowest BCUT2D eigenvalue weighted by Gasteiger charge is -2.25. The van der Waals surface area contributed by atoms with Crippen LogP contribution in [-0.4, -0.2) is 17.4 Å². The van der Waals surface area contributed by atoms with E-state index >= 15 is 0 Å². The minimum absolute atomic E-state index is 0.0672. The molecule has 1 unspecified atom stereocenters. The third kappa shape index (κ3) is 2.48. The summed E-state index contributed by atoms with van der Waals surface area (Å²) in [7, 11) is 0. The second-order valence-corrected chi connectivity index (χ2v) is 4.59. The van der Waals surface area contributed by atoms with Gasteiger partial charge in [-0.3, -0.25) is 10.1 Å². The fourth-order valence-corrected chi connectivity index (χ4v) is 2.39. The van der Waals surface area contributed by atoms with Crippen molar-refractivity contribution in [2.45, 2.75) is 24.9 Å². The molecule has 2 rings (SSSR count). The fraction of sp³-hybridized carbons (Fsp3) is 0.500. The molecule has 1 saturated heterocycles. The van der Waals surface area contributed by atoms with Crippen molar-refractivity contribution in [1.29, 1.82) is 0 Å². The Kier molecular flexibility index (Phi) is 4.16. The Balaban J connectivity index is 2.39. The number of benzene rings is 1. The van der Waals surface area contributed by atoms with Crippen molar-refractivity contribution in [3.63, 3.8) is 0 Å². The summed E-state index contributed by atoms with van der Waals surface area (Å²) in [6, 6.07) is 6.62. The molecule has 0 amide bonds. The lowest BCUT2D eigenvalue weighted by molar-refractivity contribution is -0.389. The van der Waals surface area contributed by atoms with Gasteiger partial charge < -0.3 is 0 Å². The molecule has 1 atom stereocenters. The molecule has 1 aromatic carbocycles. The maximum atomic E-state index is 11.1. The van der Waals surface area contributed by atoms with Gasteiger partial charge >= 0.3 is 0 Å². The number of para-hydroxylation sites is 1. The van der Waals surface area contributed by atoms with Crippen LogP contribution in [-0.2, 0) is 15.4 Å². The second-order valence-electron chi connectivity index (χ2n) is 4.22. The van der Waals surface area contributed by atoms with Crippen molar-refractivity contribution in [3.8, 4) is 0 Å². The van der Waals surface area contributed by atoms with E-state index in [9.17, 15) is 10.1 Å². The predicted octanol–water partition coefficient (Wildman–Crippen LogP) is 3.16. The van der Waals surface area contributed by atoms with Crippen LogP contribution in [0.3, 0.4) is 0 Å². The van der Waals surface area contributed by atoms with Gasteiger partial charge in [-0.15, -0.1) is 11.6 Å². The zero-order valence-corrected chi connectivity index (χ0v) is 10.6. The van der Waals surface area contributed by atoms with Gasteiger partial charge in [-0.1, -0.05) is 12.1 Å². The average Bonchev–Trinajstić information content (AvgIpc) is 2.86. The molecule has 0 radical (unpaired) electrons. The smallest absolute Gasteiger partial charge is 0.258 e. The van der Waals surface area contributed by atoms with E-state index in [2.05, 4.69) is 0 Å². The van der Waals surface area contributed by atoms with Gasteiger partial charge in [0.2, 0.25) is 0 Å². The molecule has 1 aliphatic rings. The summed E-state index contributed by atoms with van der Waals surface area (Å²) in [5, 5.41) is 11.1. The molecule has 1 heterocycles. The van der Waals surface area contributed by atoms with Crippen molar-refractivity contribution in [1.82, 2.24) is 0 Å². The highest BCUT2D eigenvalue weighted by atomic mass is 35.5. The van der Waals surface area contributed by atoms with Gasteiger partial charge in [0.1, 0.15) is 5.60 Å². The standard InChI is InChI=1S/C12H14ClNO4/c13-8-3-6-12(7-9-17-18-12)10-4-1-2-5-11(10)14(15)16/h1-2,4-5H,3,6-9H2. The van der Waals surface area contributed by atoms with Gasteiger partial charge in [-0.25, -0.2) is 9.78 Å². The van der Waals surface area contributed by atoms with Crippen LogP contribution in [0.1, 0.15) is 24.8 Å². The zero-order valence-electron chi connectivity index (χ0n) is 9.80. The minimum Gasteiger partial charge on any atom is -0.258 e. The molecule has 0 saturated carbocycles. The first kappa shape index (κ1) is 13.3. The molecule has 6 heteroatoms. The Hall–Kier alpha value is -1.17. The van der Waals surface area contributed by atoms with E-state index in [0.717, 1.165) is 6.42 Å². The summed E-state index contributed by atoms with van der Waals surface area (Å²) in [5.74, 6) is 0.492. The maximum Gasteiger partial charge on any atom is 0.275 e. The number of nitrogens with zero attached hydrogens (tertiary/aromatic N) is 1. The number of hydrogen-bond acceptors (Lipinski definition) is 4. The Labute approximate surface area is 110 Å². The van der Waals surface area contributed by atoms with Crippen LogP contribution in [0.5, 0.6) is 0 Å². The Morgan fingerprint density at radius 1 is 1.44 bits per heavy atom. The van der Waals surface area contributed by atoms with E-state index in [-0.39, 0.29) is 10.6 Å². The van der Waals surface area contributed by atoms with Crippen LogP contribution in [0, 0.1) is 10.1 Å². The molecule has 0 aliphatic carbocycles. The van der Waals surface area contributed by atoms with E-state index in [1.54, 1.807) is 18.2 Å². The summed E-state index contributed by atoms with van der Waals surface area (Å²) in [4.78, 5) is 21.0. The molecule has 0 aromatic heterocycles. The first-order valence-electron chi connectivity index (χ1n) is 5.80. The molecule has 1 aromatic rings. The highest BCUT2D eigenvalue weighted by Gasteiger charge is 2.42. The molecular weight excluding hydrogens is 258 g/mol. The second kappa shape index (κ2) is 5.65. The van der Waals surface area contributed by atoms with Gasteiger partial charge in [0.05, 0.1) is 17.1 Å². The Bertz CT molecular complexity index is 432. The number of nitro benzene ring substituents is 1. The van der Waals surface area contributed by atoms with Crippen LogP contribution >= 0.6 is 11.6 Å². The Morgan fingerprint density at radius 2 is 2.22 bits per heavy atom. The molecule has 1 aliphatic heterocycles. The topological polar surface area (TPSA) is 61.6 Å². The van der Waals surface area contributed by atoms with Crippen molar-refractivity contribution >= 4 is 17.3 Å². The van der Waals surface area contributed by atoms with Crippen molar-refractivity contribution in [2.75, 3.05) is 12.5 Å². The first-order valence-corrected chi connectivity index (χ1v) is 6.33. The lowest BCUT2D eigenvalue weighted by atomic mass is 9.86. The van der Waals surface area contributed by atoms with Crippen LogP contribution in [0.15, 0.2) is 24.3 Å². The molecule has 98 valence electrons. The van der Waals surface area contributed by atoms with Crippen molar-refractivity contribution in [3.05, 3.63) is 39.9 Å². The van der Waals surface area contributed by atoms with Gasteiger partial charge in [0.25, 0.3) is 5.69 Å². The molecule has 1 fully saturated rings. The lowest BCUT2D eigenvalue weighted by Crippen LogP contribution is -2.26. The number of halogens is 1. The summed E-state index contributed by atoms with van der Waals surface area (Å²) in [5.41, 5.74) is -0.103. The highest BCUT2D eigenvalue weighted by molar-refractivity contribution is 6.17. The van der Waals surface area contributed by atoms with E-state index in [4.69, 9.17) is 21.4 Å². The van der Waals surface area contributed by atoms with E-state index in [1.807, 2.05) is 0 Å². The molecule has 0 bridgehead atoms. The quantitative estimate of drug-likeness (QED) is 0.357. The average molecular weight is 272 g/mol. The summed E-state index contributed by atoms with van der Waals surface area (Å²) >= 11 is 5.70. The predicted molar refractivity (Wildman–Crippen MR) is 66.4 cm³/mol. The number of alkyl halides is 1. The summed E-state index contributed by atoms with van der Waals surface area (Å²) in [6.07, 6.45) is 1.94. The summed E-state index contributed by atoms with van der Waals surface area (Å²) in [6.45, 7) is 0.439. The molecule has 18 heavy (non-hydrogen) atoms. The summed E-state index contributed by atoms with van der Waals surface area (Å²) < 4.78 is 0. The molecule has 5 nitrogen and oxygen atoms in total. The molecular formula is C12H14ClNO4. The maximum absolute atomic E-state index is 11.1. The third-order valence-electron chi connectivity index (χ3n) is 3.11. The third-order valence-corrected chi connectivity index (χ3v) is 3.38. The zero-order chi connectivity index (χ0) is 13.0. The number of nitro groups is 1. The van der Waals surface area contributed by atoms with E-state index in [0.29, 0.717) is 30.9 Å². The van der Waals surface area contributed by atoms with E-state index in [1.165, 1.54) is 6.07 Å². The van der Waals surface area contributed by atoms with Gasteiger partial charge in [-0.05, 0) is 18.9 Å². The number of hydrogen-bond donors (Lipinski definition) is 0. The van der Waals surface area contributed by atoms with Gasteiger partial charge in [0, 0.05) is 18.4 Å². The number of rotatable bonds is 5. The van der Waals surface area contributed by atoms with Crippen LogP contribution in [0.4, 0.5) is 5.69 Å². The van der Waals surface area contributed by atoms with Crippen LogP contribution in [0.2, 0.25) is 0 Å². The van der Waals surface area contributed by atoms with E-state index < -0.39 is 5.60 Å². The van der Waals surface area contributed by atoms with Crippen LogP contribution in [0.25, 0.3) is 0 Å². The van der Waals surface area contributed by atoms with Gasteiger partial charge in [0.15, 0.2) is 0 Å². The largest absolute Gasteiger partial charge is 0.275 e. The highest BCUT2D eigenvalue weighted by Crippen LogP contribution is 2.42. The first-order chi connectivity index (χ1) is 8.69. The van der Waals surface area contributed by atoms with Crippen LogP contribution < -0.4 is 0 Å². The minimum atomic E-state index is -0.738. The fourth-order valence-electron chi connectivity index (χ4n) is 2.25. The monoisotopic (exact) mass is 271 g/mol. The van der Waals surface area contributed by atoms with Gasteiger partial charge in [-0.2, -0.15) is 0 Å². The van der Waals surface area contributed by atoms with Crippen molar-refractivity contribution < 1.29 is 14.7 Å². The molecule has 0 N–H and O–H groups in total.